The van der Waals surface area contributed by atoms with Crippen LogP contribution >= 0.6 is 23.6 Å². The zero-order chi connectivity index (χ0) is 12.3. The van der Waals surface area contributed by atoms with Gasteiger partial charge in [0.05, 0.1) is 6.04 Å². The van der Waals surface area contributed by atoms with Crippen LogP contribution in [0.1, 0.15) is 43.2 Å². The number of aryl methyl sites for hydroxylation is 1. The molecule has 0 fully saturated rings. The monoisotopic (exact) mass is 268 g/mol. The van der Waals surface area contributed by atoms with Crippen molar-refractivity contribution in [3.63, 3.8) is 0 Å². The molecule has 0 saturated carbocycles. The van der Waals surface area contributed by atoms with Gasteiger partial charge in [0.2, 0.25) is 0 Å². The van der Waals surface area contributed by atoms with E-state index in [1.165, 1.54) is 29.7 Å². The van der Waals surface area contributed by atoms with Crippen LogP contribution in [0.25, 0.3) is 0 Å². The van der Waals surface area contributed by atoms with Crippen molar-refractivity contribution in [2.75, 3.05) is 6.54 Å². The number of nitrogens with one attached hydrogen (secondary N) is 2. The average Bonchev–Trinajstić information content (AvgIpc) is 2.75. The Kier molecular flexibility index (Phi) is 4.40. The molecule has 0 spiro atoms. The predicted molar refractivity (Wildman–Crippen MR) is 78.6 cm³/mol. The quantitative estimate of drug-likeness (QED) is 0.823. The first-order valence-corrected chi connectivity index (χ1v) is 7.56. The lowest BCUT2D eigenvalue weighted by Gasteiger charge is -2.25. The van der Waals surface area contributed by atoms with Gasteiger partial charge < -0.3 is 10.6 Å². The lowest BCUT2D eigenvalue weighted by Crippen LogP contribution is -2.40. The Morgan fingerprint density at radius 1 is 1.59 bits per heavy atom. The fourth-order valence-electron chi connectivity index (χ4n) is 2.14. The van der Waals surface area contributed by atoms with Gasteiger partial charge >= 0.3 is 0 Å². The van der Waals surface area contributed by atoms with E-state index in [0.29, 0.717) is 12.0 Å². The minimum atomic E-state index is 0.414. The van der Waals surface area contributed by atoms with Crippen molar-refractivity contribution in [3.05, 3.63) is 21.9 Å². The summed E-state index contributed by atoms with van der Waals surface area (Å²) in [6, 6.07) is 2.65. The van der Waals surface area contributed by atoms with Gasteiger partial charge in [-0.3, -0.25) is 0 Å². The third-order valence-electron chi connectivity index (χ3n) is 3.03. The zero-order valence-electron chi connectivity index (χ0n) is 10.5. The summed E-state index contributed by atoms with van der Waals surface area (Å²) in [6.45, 7) is 5.31. The molecule has 2 rings (SSSR count). The molecular weight excluding hydrogens is 248 g/mol. The molecule has 0 radical (unpaired) electrons. The molecule has 2 nitrogen and oxygen atoms in total. The van der Waals surface area contributed by atoms with E-state index in [4.69, 9.17) is 12.2 Å². The number of rotatable bonds is 3. The fourth-order valence-corrected chi connectivity index (χ4v) is 3.36. The zero-order valence-corrected chi connectivity index (χ0v) is 12.1. The molecule has 1 aromatic heterocycles. The SMILES string of the molecule is CC(C)CNC(=S)NC1CCCc2sccc21. The first-order valence-electron chi connectivity index (χ1n) is 6.27. The van der Waals surface area contributed by atoms with Gasteiger partial charge in [0.25, 0.3) is 0 Å². The van der Waals surface area contributed by atoms with Gasteiger partial charge in [0, 0.05) is 11.4 Å². The van der Waals surface area contributed by atoms with E-state index in [-0.39, 0.29) is 0 Å². The van der Waals surface area contributed by atoms with Gasteiger partial charge in [-0.25, -0.2) is 0 Å². The van der Waals surface area contributed by atoms with Gasteiger partial charge in [-0.2, -0.15) is 0 Å². The normalized spacial score (nSPS) is 18.9. The molecule has 0 bridgehead atoms. The molecular formula is C13H20N2S2. The molecule has 1 unspecified atom stereocenters. The molecule has 4 heteroatoms. The minimum Gasteiger partial charge on any atom is -0.362 e. The third kappa shape index (κ3) is 3.42. The summed E-state index contributed by atoms with van der Waals surface area (Å²) in [5.74, 6) is 0.623. The molecule has 1 aliphatic carbocycles. The second kappa shape index (κ2) is 5.83. The van der Waals surface area contributed by atoms with Crippen LogP contribution in [0.5, 0.6) is 0 Å². The number of fused-ring (bicyclic) bond motifs is 1. The highest BCUT2D eigenvalue weighted by molar-refractivity contribution is 7.80. The van der Waals surface area contributed by atoms with Crippen LogP contribution in [0.15, 0.2) is 11.4 Å². The summed E-state index contributed by atoms with van der Waals surface area (Å²) in [6.07, 6.45) is 3.68. The lowest BCUT2D eigenvalue weighted by molar-refractivity contribution is 0.524. The van der Waals surface area contributed by atoms with E-state index in [2.05, 4.69) is 35.9 Å². The first-order chi connectivity index (χ1) is 8.16. The highest BCUT2D eigenvalue weighted by Gasteiger charge is 2.21. The van der Waals surface area contributed by atoms with Crippen LogP contribution in [0.4, 0.5) is 0 Å². The third-order valence-corrected chi connectivity index (χ3v) is 4.29. The van der Waals surface area contributed by atoms with Crippen LogP contribution in [0.3, 0.4) is 0 Å². The number of hydrogen-bond acceptors (Lipinski definition) is 2. The topological polar surface area (TPSA) is 24.1 Å². The Morgan fingerprint density at radius 2 is 2.41 bits per heavy atom. The Morgan fingerprint density at radius 3 is 3.18 bits per heavy atom. The summed E-state index contributed by atoms with van der Waals surface area (Å²) in [5.41, 5.74) is 1.45. The molecule has 2 N–H and O–H groups in total. The van der Waals surface area contributed by atoms with Crippen molar-refractivity contribution < 1.29 is 0 Å². The van der Waals surface area contributed by atoms with E-state index < -0.39 is 0 Å². The maximum absolute atomic E-state index is 5.34. The summed E-state index contributed by atoms with van der Waals surface area (Å²) < 4.78 is 0. The maximum Gasteiger partial charge on any atom is 0.166 e. The smallest absolute Gasteiger partial charge is 0.166 e. The van der Waals surface area contributed by atoms with Crippen LogP contribution < -0.4 is 10.6 Å². The predicted octanol–water partition coefficient (Wildman–Crippen LogP) is 3.25. The second-order valence-corrected chi connectivity index (χ2v) is 6.40. The minimum absolute atomic E-state index is 0.414. The fraction of sp³-hybridized carbons (Fsp3) is 0.615. The largest absolute Gasteiger partial charge is 0.362 e. The van der Waals surface area contributed by atoms with Gasteiger partial charge in [-0.1, -0.05) is 13.8 Å². The second-order valence-electron chi connectivity index (χ2n) is 4.99. The summed E-state index contributed by atoms with van der Waals surface area (Å²) in [5, 5.41) is 9.70. The number of thiophene rings is 1. The van der Waals surface area contributed by atoms with Gasteiger partial charge in [0.15, 0.2) is 5.11 Å². The van der Waals surface area contributed by atoms with Crippen molar-refractivity contribution in [1.29, 1.82) is 0 Å². The van der Waals surface area contributed by atoms with Crippen LogP contribution in [-0.4, -0.2) is 11.7 Å². The Balaban J connectivity index is 1.90. The summed E-state index contributed by atoms with van der Waals surface area (Å²) in [4.78, 5) is 1.53. The molecule has 1 atom stereocenters. The van der Waals surface area contributed by atoms with E-state index in [0.717, 1.165) is 11.7 Å². The van der Waals surface area contributed by atoms with E-state index in [1.807, 2.05) is 11.3 Å². The average molecular weight is 268 g/mol. The number of hydrogen-bond donors (Lipinski definition) is 2. The van der Waals surface area contributed by atoms with Gasteiger partial charge in [0.1, 0.15) is 0 Å². The highest BCUT2D eigenvalue weighted by atomic mass is 32.1. The molecule has 17 heavy (non-hydrogen) atoms. The van der Waals surface area contributed by atoms with Gasteiger partial charge in [-0.05, 0) is 54.4 Å². The highest BCUT2D eigenvalue weighted by Crippen LogP contribution is 2.33. The molecule has 0 aliphatic heterocycles. The van der Waals surface area contributed by atoms with E-state index in [9.17, 15) is 0 Å². The van der Waals surface area contributed by atoms with Gasteiger partial charge in [-0.15, -0.1) is 11.3 Å². The number of thiocarbonyl (C=S) groups is 1. The summed E-state index contributed by atoms with van der Waals surface area (Å²) in [7, 11) is 0. The molecule has 1 aliphatic rings. The van der Waals surface area contributed by atoms with Crippen molar-refractivity contribution in [1.82, 2.24) is 10.6 Å². The van der Waals surface area contributed by atoms with Crippen molar-refractivity contribution in [2.45, 2.75) is 39.2 Å². The summed E-state index contributed by atoms with van der Waals surface area (Å²) >= 11 is 7.21. The Hall–Kier alpha value is -0.610. The van der Waals surface area contributed by atoms with Crippen molar-refractivity contribution in [2.24, 2.45) is 5.92 Å². The standard InChI is InChI=1S/C13H20N2S2/c1-9(2)8-14-13(16)15-11-4-3-5-12-10(11)6-7-17-12/h6-7,9,11H,3-5,8H2,1-2H3,(H2,14,15,16). The van der Waals surface area contributed by atoms with Crippen LogP contribution in [0.2, 0.25) is 0 Å². The van der Waals surface area contributed by atoms with Crippen molar-refractivity contribution >= 4 is 28.7 Å². The maximum atomic E-state index is 5.34. The molecule has 1 aromatic rings. The van der Waals surface area contributed by atoms with E-state index >= 15 is 0 Å². The molecule has 0 amide bonds. The van der Waals surface area contributed by atoms with Crippen LogP contribution in [-0.2, 0) is 6.42 Å². The lowest BCUT2D eigenvalue weighted by atomic mass is 9.94. The molecule has 0 aromatic carbocycles. The van der Waals surface area contributed by atoms with Crippen LogP contribution in [0, 0.1) is 5.92 Å². The molecule has 94 valence electrons. The Bertz CT molecular complexity index is 385. The van der Waals surface area contributed by atoms with Crippen molar-refractivity contribution in [3.8, 4) is 0 Å². The molecule has 0 saturated heterocycles. The first kappa shape index (κ1) is 12.8. The van der Waals surface area contributed by atoms with E-state index in [1.54, 1.807) is 0 Å². The Labute approximate surface area is 113 Å². The molecule has 1 heterocycles.